The van der Waals surface area contributed by atoms with E-state index in [0.717, 1.165) is 64.3 Å². The molecular weight excluding hydrogens is 753 g/mol. The zero-order valence-electron chi connectivity index (χ0n) is 36.2. The summed E-state index contributed by atoms with van der Waals surface area (Å²) < 4.78 is 43.3. The first-order chi connectivity index (χ1) is 29.2. The highest BCUT2D eigenvalue weighted by Gasteiger charge is 2.21. The summed E-state index contributed by atoms with van der Waals surface area (Å²) in [6.07, 6.45) is 4.93. The predicted octanol–water partition coefficient (Wildman–Crippen LogP) is 12.7. The van der Waals surface area contributed by atoms with Gasteiger partial charge in [0.15, 0.2) is 11.5 Å². The SMILES string of the molecule is C=Cc1ccc(COC(=O)c2cc(OCc3ccc(OC[C@H](C)CC)cc3)c(OCc3ccc(OC[C@H](C)CC)cc3)c(OCc3ccc(OC[C@H](C)CC)cc3)c2)cc1. The molecule has 0 spiro atoms. The molecule has 0 heterocycles. The Labute approximate surface area is 357 Å². The molecule has 5 aromatic carbocycles. The Morgan fingerprint density at radius 3 is 1.22 bits per heavy atom. The van der Waals surface area contributed by atoms with Gasteiger partial charge in [-0.1, -0.05) is 134 Å². The van der Waals surface area contributed by atoms with Crippen molar-refractivity contribution in [1.82, 2.24) is 0 Å². The molecule has 0 aliphatic heterocycles. The van der Waals surface area contributed by atoms with Crippen LogP contribution in [0, 0.1) is 17.8 Å². The Balaban J connectivity index is 1.42. The Kier molecular flexibility index (Phi) is 17.8. The number of rotatable bonds is 25. The van der Waals surface area contributed by atoms with Crippen LogP contribution in [0.1, 0.15) is 99.0 Å². The van der Waals surface area contributed by atoms with Crippen molar-refractivity contribution in [3.8, 4) is 34.5 Å². The average Bonchev–Trinajstić information content (AvgIpc) is 3.29. The molecule has 0 aromatic heterocycles. The number of ether oxygens (including phenoxy) is 7. The van der Waals surface area contributed by atoms with E-state index < -0.39 is 5.97 Å². The highest BCUT2D eigenvalue weighted by atomic mass is 16.5. The minimum absolute atomic E-state index is 0.0921. The zero-order valence-corrected chi connectivity index (χ0v) is 36.2. The maximum atomic E-state index is 13.7. The fourth-order valence-corrected chi connectivity index (χ4v) is 5.63. The molecular formula is C52H62O8. The summed E-state index contributed by atoms with van der Waals surface area (Å²) in [7, 11) is 0. The first kappa shape index (κ1) is 45.2. The molecule has 8 nitrogen and oxygen atoms in total. The van der Waals surface area contributed by atoms with Crippen molar-refractivity contribution in [2.24, 2.45) is 17.8 Å². The summed E-state index contributed by atoms with van der Waals surface area (Å²) in [6.45, 7) is 19.5. The molecule has 8 heteroatoms. The summed E-state index contributed by atoms with van der Waals surface area (Å²) in [5.74, 6) is 4.33. The topological polar surface area (TPSA) is 81.7 Å². The zero-order chi connectivity index (χ0) is 42.7. The van der Waals surface area contributed by atoms with Crippen LogP contribution >= 0.6 is 0 Å². The Hall–Kier alpha value is -5.89. The molecule has 318 valence electrons. The fraction of sp³-hybridized carbons (Fsp3) is 0.365. The quantitative estimate of drug-likeness (QED) is 0.0539. The van der Waals surface area contributed by atoms with Gasteiger partial charge in [-0.15, -0.1) is 0 Å². The van der Waals surface area contributed by atoms with Gasteiger partial charge in [0.05, 0.1) is 25.4 Å². The van der Waals surface area contributed by atoms with Crippen molar-refractivity contribution < 1.29 is 38.0 Å². The van der Waals surface area contributed by atoms with E-state index >= 15 is 0 Å². The molecule has 5 aromatic rings. The van der Waals surface area contributed by atoms with Gasteiger partial charge in [0.2, 0.25) is 5.75 Å². The van der Waals surface area contributed by atoms with Gasteiger partial charge in [0.1, 0.15) is 43.7 Å². The van der Waals surface area contributed by atoms with Crippen LogP contribution in [-0.2, 0) is 31.2 Å². The molecule has 0 saturated carbocycles. The van der Waals surface area contributed by atoms with Crippen molar-refractivity contribution >= 4 is 12.0 Å². The van der Waals surface area contributed by atoms with E-state index in [1.165, 1.54) is 0 Å². The summed E-state index contributed by atoms with van der Waals surface area (Å²) in [5.41, 5.74) is 4.86. The minimum Gasteiger partial charge on any atom is -0.493 e. The lowest BCUT2D eigenvalue weighted by molar-refractivity contribution is 0.0471. The largest absolute Gasteiger partial charge is 0.493 e. The van der Waals surface area contributed by atoms with Crippen LogP contribution < -0.4 is 28.4 Å². The van der Waals surface area contributed by atoms with Crippen LogP contribution in [0.15, 0.2) is 116 Å². The van der Waals surface area contributed by atoms with Crippen LogP contribution in [-0.4, -0.2) is 25.8 Å². The van der Waals surface area contributed by atoms with Crippen LogP contribution in [0.4, 0.5) is 0 Å². The van der Waals surface area contributed by atoms with Crippen molar-refractivity contribution in [2.75, 3.05) is 19.8 Å². The van der Waals surface area contributed by atoms with E-state index in [4.69, 9.17) is 33.2 Å². The molecule has 0 unspecified atom stereocenters. The van der Waals surface area contributed by atoms with Gasteiger partial charge in [0, 0.05) is 0 Å². The van der Waals surface area contributed by atoms with E-state index in [-0.39, 0.29) is 32.0 Å². The lowest BCUT2D eigenvalue weighted by Crippen LogP contribution is -2.09. The first-order valence-corrected chi connectivity index (χ1v) is 21.3. The number of esters is 1. The maximum Gasteiger partial charge on any atom is 0.338 e. The molecule has 5 rings (SSSR count). The van der Waals surface area contributed by atoms with Crippen molar-refractivity contribution in [3.05, 3.63) is 149 Å². The van der Waals surface area contributed by atoms with Gasteiger partial charge < -0.3 is 33.2 Å². The monoisotopic (exact) mass is 814 g/mol. The number of benzene rings is 5. The lowest BCUT2D eigenvalue weighted by Gasteiger charge is -2.19. The molecule has 3 atom stereocenters. The summed E-state index contributed by atoms with van der Waals surface area (Å²) in [4.78, 5) is 13.7. The summed E-state index contributed by atoms with van der Waals surface area (Å²) >= 11 is 0. The second-order valence-corrected chi connectivity index (χ2v) is 15.6. The number of carbonyl (C=O) groups excluding carboxylic acids is 1. The van der Waals surface area contributed by atoms with E-state index in [9.17, 15) is 4.79 Å². The van der Waals surface area contributed by atoms with Gasteiger partial charge in [-0.3, -0.25) is 0 Å². The summed E-state index contributed by atoms with van der Waals surface area (Å²) in [5, 5.41) is 0. The molecule has 60 heavy (non-hydrogen) atoms. The van der Waals surface area contributed by atoms with Gasteiger partial charge >= 0.3 is 5.97 Å². The van der Waals surface area contributed by atoms with Crippen molar-refractivity contribution in [2.45, 2.75) is 87.2 Å². The second kappa shape index (κ2) is 23.6. The Morgan fingerprint density at radius 1 is 0.500 bits per heavy atom. The molecule has 0 saturated heterocycles. The Bertz CT molecular complexity index is 1960. The highest BCUT2D eigenvalue weighted by molar-refractivity contribution is 5.91. The van der Waals surface area contributed by atoms with Gasteiger partial charge in [-0.2, -0.15) is 0 Å². The van der Waals surface area contributed by atoms with Gasteiger partial charge in [-0.05, 0) is 94.1 Å². The van der Waals surface area contributed by atoms with Gasteiger partial charge in [0.25, 0.3) is 0 Å². The third-order valence-electron chi connectivity index (χ3n) is 10.5. The van der Waals surface area contributed by atoms with E-state index in [0.29, 0.717) is 54.8 Å². The fourth-order valence-electron chi connectivity index (χ4n) is 5.63. The smallest absolute Gasteiger partial charge is 0.338 e. The standard InChI is InChI=1S/C52H62O8/c1-8-37(5)30-54-46-22-16-42(17-23-46)33-57-49-28-45(52(53)60-36-41-14-12-40(11-4)13-15-41)29-50(58-34-43-18-24-47(25-19-43)55-31-38(6)9-2)51(49)59-35-44-20-26-48(27-21-44)56-32-39(7)10-3/h11-29,37-39H,4,8-10,30-36H2,1-3,5-7H3/t37-,38-,39-/m1/s1. The third-order valence-corrected chi connectivity index (χ3v) is 10.5. The third kappa shape index (κ3) is 14.4. The molecule has 0 radical (unpaired) electrons. The van der Waals surface area contributed by atoms with Crippen LogP contribution in [0.2, 0.25) is 0 Å². The van der Waals surface area contributed by atoms with Gasteiger partial charge in [-0.25, -0.2) is 4.79 Å². The normalized spacial score (nSPS) is 12.4. The lowest BCUT2D eigenvalue weighted by atomic mass is 10.1. The molecule has 0 aliphatic carbocycles. The summed E-state index contributed by atoms with van der Waals surface area (Å²) in [6, 6.07) is 34.5. The number of carbonyl (C=O) groups is 1. The number of hydrogen-bond acceptors (Lipinski definition) is 8. The van der Waals surface area contributed by atoms with Crippen LogP contribution in [0.25, 0.3) is 6.08 Å². The molecule has 0 aliphatic rings. The van der Waals surface area contributed by atoms with E-state index in [2.05, 4.69) is 48.1 Å². The molecule has 0 bridgehead atoms. The van der Waals surface area contributed by atoms with Crippen LogP contribution in [0.3, 0.4) is 0 Å². The highest BCUT2D eigenvalue weighted by Crippen LogP contribution is 2.41. The van der Waals surface area contributed by atoms with Crippen molar-refractivity contribution in [1.29, 1.82) is 0 Å². The van der Waals surface area contributed by atoms with Crippen molar-refractivity contribution in [3.63, 3.8) is 0 Å². The van der Waals surface area contributed by atoms with Crippen LogP contribution in [0.5, 0.6) is 34.5 Å². The second-order valence-electron chi connectivity index (χ2n) is 15.6. The number of hydrogen-bond donors (Lipinski definition) is 0. The molecule has 0 fully saturated rings. The average molecular weight is 815 g/mol. The Morgan fingerprint density at radius 2 is 0.850 bits per heavy atom. The first-order valence-electron chi connectivity index (χ1n) is 21.3. The minimum atomic E-state index is -0.525. The van der Waals surface area contributed by atoms with E-state index in [1.807, 2.05) is 97.1 Å². The molecule has 0 amide bonds. The predicted molar refractivity (Wildman–Crippen MR) is 239 cm³/mol. The maximum absolute atomic E-state index is 13.7. The van der Waals surface area contributed by atoms with E-state index in [1.54, 1.807) is 18.2 Å². The molecule has 0 N–H and O–H groups in total.